The number of carbonyl (C=O) groups excluding carboxylic acids is 1. The van der Waals surface area contributed by atoms with Crippen LogP contribution in [0, 0.1) is 11.6 Å². The average molecular weight is 311 g/mol. The van der Waals surface area contributed by atoms with Crippen molar-refractivity contribution in [1.82, 2.24) is 10.3 Å². The molecule has 1 aromatic carbocycles. The summed E-state index contributed by atoms with van der Waals surface area (Å²) in [7, 11) is 0. The van der Waals surface area contributed by atoms with Crippen LogP contribution < -0.4 is 5.32 Å². The van der Waals surface area contributed by atoms with Crippen molar-refractivity contribution >= 4 is 17.5 Å². The zero-order chi connectivity index (χ0) is 15.4. The second kappa shape index (κ2) is 6.63. The molecular weight excluding hydrogens is 298 g/mol. The van der Waals surface area contributed by atoms with E-state index in [2.05, 4.69) is 10.3 Å². The molecule has 0 fully saturated rings. The van der Waals surface area contributed by atoms with Crippen LogP contribution in [0.3, 0.4) is 0 Å². The van der Waals surface area contributed by atoms with Crippen molar-refractivity contribution in [2.75, 3.05) is 0 Å². The number of nitrogens with zero attached hydrogens (tertiary/aromatic N) is 1. The molecule has 0 aliphatic rings. The lowest BCUT2D eigenvalue weighted by atomic mass is 10.1. The topological polar surface area (TPSA) is 42.0 Å². The van der Waals surface area contributed by atoms with E-state index in [1.165, 1.54) is 36.5 Å². The van der Waals surface area contributed by atoms with Crippen LogP contribution >= 0.6 is 11.6 Å². The Hall–Kier alpha value is -2.01. The third kappa shape index (κ3) is 3.98. The number of amides is 1. The largest absolute Gasteiger partial charge is 0.349 e. The molecule has 2 aromatic rings. The van der Waals surface area contributed by atoms with E-state index in [0.29, 0.717) is 5.56 Å². The number of benzene rings is 1. The highest BCUT2D eigenvalue weighted by atomic mass is 35.5. The number of hydrogen-bond donors (Lipinski definition) is 1. The van der Waals surface area contributed by atoms with Crippen LogP contribution in [0.4, 0.5) is 8.78 Å². The van der Waals surface area contributed by atoms with Crippen LogP contribution in [0.5, 0.6) is 0 Å². The maximum Gasteiger partial charge on any atom is 0.251 e. The number of hydrogen-bond acceptors (Lipinski definition) is 2. The zero-order valence-electron chi connectivity index (χ0n) is 11.2. The second-order valence-corrected chi connectivity index (χ2v) is 5.03. The Morgan fingerprint density at radius 2 is 2.00 bits per heavy atom. The van der Waals surface area contributed by atoms with Crippen LogP contribution in [-0.2, 0) is 6.42 Å². The van der Waals surface area contributed by atoms with Crippen molar-refractivity contribution in [1.29, 1.82) is 0 Å². The van der Waals surface area contributed by atoms with E-state index >= 15 is 0 Å². The second-order valence-electron chi connectivity index (χ2n) is 4.65. The van der Waals surface area contributed by atoms with Gasteiger partial charge < -0.3 is 5.32 Å². The molecule has 0 radical (unpaired) electrons. The minimum absolute atomic E-state index is 0.0435. The van der Waals surface area contributed by atoms with Gasteiger partial charge in [0.2, 0.25) is 0 Å². The number of aromatic nitrogens is 1. The maximum absolute atomic E-state index is 13.5. The number of carbonyl (C=O) groups is 1. The van der Waals surface area contributed by atoms with E-state index in [4.69, 9.17) is 11.6 Å². The van der Waals surface area contributed by atoms with Crippen molar-refractivity contribution in [3.05, 3.63) is 64.4 Å². The summed E-state index contributed by atoms with van der Waals surface area (Å²) in [5.74, 6) is -1.62. The van der Waals surface area contributed by atoms with E-state index < -0.39 is 17.7 Å². The normalized spacial score (nSPS) is 12.0. The molecule has 0 aliphatic heterocycles. The van der Waals surface area contributed by atoms with Gasteiger partial charge in [0.05, 0.1) is 0 Å². The summed E-state index contributed by atoms with van der Waals surface area (Å²) >= 11 is 5.71. The van der Waals surface area contributed by atoms with Gasteiger partial charge in [-0.2, -0.15) is 0 Å². The van der Waals surface area contributed by atoms with Crippen molar-refractivity contribution < 1.29 is 13.6 Å². The quantitative estimate of drug-likeness (QED) is 0.880. The summed E-state index contributed by atoms with van der Waals surface area (Å²) in [6.45, 7) is 1.67. The fourth-order valence-corrected chi connectivity index (χ4v) is 2.11. The average Bonchev–Trinajstić information content (AvgIpc) is 2.43. The number of pyridine rings is 1. The standard InChI is InChI=1S/C15H13ClF2N2O/c1-9(7-11-12(17)3-2-4-13(11)18)20-15(21)10-5-6-19-14(16)8-10/h2-6,8-9H,7H2,1H3,(H,20,21). The molecular formula is C15H13ClF2N2O. The Labute approximate surface area is 126 Å². The molecule has 1 N–H and O–H groups in total. The van der Waals surface area contributed by atoms with Crippen LogP contribution in [-0.4, -0.2) is 16.9 Å². The highest BCUT2D eigenvalue weighted by Gasteiger charge is 2.15. The maximum atomic E-state index is 13.5. The summed E-state index contributed by atoms with van der Waals surface area (Å²) < 4.78 is 27.1. The number of rotatable bonds is 4. The third-order valence-corrected chi connectivity index (χ3v) is 3.14. The highest BCUT2D eigenvalue weighted by molar-refractivity contribution is 6.29. The van der Waals surface area contributed by atoms with Crippen LogP contribution in [0.15, 0.2) is 36.5 Å². The first-order chi connectivity index (χ1) is 9.97. The van der Waals surface area contributed by atoms with Gasteiger partial charge in [0, 0.05) is 23.4 Å². The lowest BCUT2D eigenvalue weighted by Crippen LogP contribution is -2.34. The van der Waals surface area contributed by atoms with Crippen molar-refractivity contribution in [2.45, 2.75) is 19.4 Å². The molecule has 2 rings (SSSR count). The molecule has 1 atom stereocenters. The van der Waals surface area contributed by atoms with E-state index in [1.807, 2.05) is 0 Å². The molecule has 3 nitrogen and oxygen atoms in total. The molecule has 1 aromatic heterocycles. The van der Waals surface area contributed by atoms with Crippen LogP contribution in [0.25, 0.3) is 0 Å². The molecule has 1 heterocycles. The fourth-order valence-electron chi connectivity index (χ4n) is 1.94. The predicted octanol–water partition coefficient (Wildman–Crippen LogP) is 3.37. The molecule has 1 unspecified atom stereocenters. The van der Waals surface area contributed by atoms with E-state index in [1.54, 1.807) is 6.92 Å². The van der Waals surface area contributed by atoms with Crippen molar-refractivity contribution in [3.63, 3.8) is 0 Å². The van der Waals surface area contributed by atoms with Gasteiger partial charge in [-0.3, -0.25) is 4.79 Å². The Morgan fingerprint density at radius 1 is 1.33 bits per heavy atom. The van der Waals surface area contributed by atoms with Gasteiger partial charge in [-0.05, 0) is 37.6 Å². The van der Waals surface area contributed by atoms with E-state index in [9.17, 15) is 13.6 Å². The summed E-state index contributed by atoms with van der Waals surface area (Å²) in [6, 6.07) is 6.18. The molecule has 21 heavy (non-hydrogen) atoms. The van der Waals surface area contributed by atoms with Crippen molar-refractivity contribution in [3.8, 4) is 0 Å². The molecule has 0 saturated carbocycles. The molecule has 110 valence electrons. The van der Waals surface area contributed by atoms with Gasteiger partial charge in [-0.25, -0.2) is 13.8 Å². The van der Waals surface area contributed by atoms with Crippen molar-refractivity contribution in [2.24, 2.45) is 0 Å². The van der Waals surface area contributed by atoms with Gasteiger partial charge in [0.25, 0.3) is 5.91 Å². The van der Waals surface area contributed by atoms with E-state index in [0.717, 1.165) is 0 Å². The minimum Gasteiger partial charge on any atom is -0.349 e. The molecule has 6 heteroatoms. The summed E-state index contributed by atoms with van der Waals surface area (Å²) in [5.41, 5.74) is 0.300. The van der Waals surface area contributed by atoms with E-state index in [-0.39, 0.29) is 23.0 Å². The third-order valence-electron chi connectivity index (χ3n) is 2.94. The predicted molar refractivity (Wildman–Crippen MR) is 76.2 cm³/mol. The minimum atomic E-state index is -0.622. The summed E-state index contributed by atoms with van der Waals surface area (Å²) in [6.07, 6.45) is 1.47. The first-order valence-electron chi connectivity index (χ1n) is 6.32. The fraction of sp³-hybridized carbons (Fsp3) is 0.200. The van der Waals surface area contributed by atoms with Gasteiger partial charge >= 0.3 is 0 Å². The Balaban J connectivity index is 2.05. The lowest BCUT2D eigenvalue weighted by molar-refractivity contribution is 0.0939. The zero-order valence-corrected chi connectivity index (χ0v) is 12.0. The van der Waals surface area contributed by atoms with Gasteiger partial charge in [-0.15, -0.1) is 0 Å². The van der Waals surface area contributed by atoms with Crippen LogP contribution in [0.2, 0.25) is 5.15 Å². The Morgan fingerprint density at radius 3 is 2.62 bits per heavy atom. The highest BCUT2D eigenvalue weighted by Crippen LogP contribution is 2.14. The van der Waals surface area contributed by atoms with Gasteiger partial charge in [0.15, 0.2) is 0 Å². The SMILES string of the molecule is CC(Cc1c(F)cccc1F)NC(=O)c1ccnc(Cl)c1. The van der Waals surface area contributed by atoms with Gasteiger partial charge in [-0.1, -0.05) is 17.7 Å². The monoisotopic (exact) mass is 310 g/mol. The number of nitrogens with one attached hydrogen (secondary N) is 1. The Kier molecular flexibility index (Phi) is 4.85. The first-order valence-corrected chi connectivity index (χ1v) is 6.70. The first kappa shape index (κ1) is 15.4. The van der Waals surface area contributed by atoms with Gasteiger partial charge in [0.1, 0.15) is 16.8 Å². The molecule has 1 amide bonds. The molecule has 0 aliphatic carbocycles. The number of halogens is 3. The molecule has 0 bridgehead atoms. The molecule has 0 saturated heterocycles. The lowest BCUT2D eigenvalue weighted by Gasteiger charge is -2.15. The Bertz CT molecular complexity index is 644. The summed E-state index contributed by atoms with van der Waals surface area (Å²) in [5, 5.41) is 2.87. The smallest absolute Gasteiger partial charge is 0.251 e. The van der Waals surface area contributed by atoms with Crippen LogP contribution in [0.1, 0.15) is 22.8 Å². The summed E-state index contributed by atoms with van der Waals surface area (Å²) in [4.78, 5) is 15.8. The molecule has 0 spiro atoms.